The number of nitrogens with one attached hydrogen (secondary N) is 2. The average molecular weight is 351 g/mol. The van der Waals surface area contributed by atoms with Crippen LogP contribution in [0.1, 0.15) is 15.9 Å². The maximum Gasteiger partial charge on any atom is 0.279 e. The van der Waals surface area contributed by atoms with Crippen molar-refractivity contribution in [1.29, 1.82) is 0 Å². The summed E-state index contributed by atoms with van der Waals surface area (Å²) < 4.78 is 5.54. The Kier molecular flexibility index (Phi) is 4.41. The van der Waals surface area contributed by atoms with Crippen molar-refractivity contribution < 1.29 is 14.3 Å². The number of benzene rings is 2. The zero-order chi connectivity index (χ0) is 16.4. The highest BCUT2D eigenvalue weighted by Gasteiger charge is 2.29. The third-order valence-corrected chi connectivity index (χ3v) is 3.98. The van der Waals surface area contributed by atoms with Crippen molar-refractivity contribution >= 4 is 35.0 Å². The fourth-order valence-electron chi connectivity index (χ4n) is 2.27. The topological polar surface area (TPSA) is 67.4 Å². The number of carbonyl (C=O) groups is 2. The molecule has 2 amide bonds. The summed E-state index contributed by atoms with van der Waals surface area (Å²) in [6, 6.07) is 11.9. The smallest absolute Gasteiger partial charge is 0.279 e. The van der Waals surface area contributed by atoms with Crippen LogP contribution in [0.2, 0.25) is 10.0 Å². The van der Waals surface area contributed by atoms with Gasteiger partial charge in [0.1, 0.15) is 5.75 Å². The normalized spacial score (nSPS) is 15.5. The van der Waals surface area contributed by atoms with Gasteiger partial charge < -0.3 is 4.74 Å². The van der Waals surface area contributed by atoms with E-state index in [9.17, 15) is 9.59 Å². The van der Waals surface area contributed by atoms with E-state index >= 15 is 0 Å². The van der Waals surface area contributed by atoms with Crippen LogP contribution in [0.5, 0.6) is 5.75 Å². The summed E-state index contributed by atoms with van der Waals surface area (Å²) in [5.41, 5.74) is 5.78. The second-order valence-electron chi connectivity index (χ2n) is 4.99. The minimum Gasteiger partial charge on any atom is -0.480 e. The summed E-state index contributed by atoms with van der Waals surface area (Å²) in [6.45, 7) is 0. The minimum atomic E-state index is -0.678. The Morgan fingerprint density at radius 2 is 1.87 bits per heavy atom. The lowest BCUT2D eigenvalue weighted by Crippen LogP contribution is -2.47. The number of para-hydroxylation sites is 1. The van der Waals surface area contributed by atoms with E-state index in [-0.39, 0.29) is 10.6 Å². The van der Waals surface area contributed by atoms with Crippen LogP contribution in [-0.2, 0) is 11.2 Å². The molecule has 3 rings (SSSR count). The molecule has 0 aromatic heterocycles. The molecule has 0 spiro atoms. The first kappa shape index (κ1) is 15.6. The van der Waals surface area contributed by atoms with Crippen molar-refractivity contribution in [3.8, 4) is 5.75 Å². The predicted molar refractivity (Wildman–Crippen MR) is 86.6 cm³/mol. The Balaban J connectivity index is 1.60. The summed E-state index contributed by atoms with van der Waals surface area (Å²) in [5, 5.41) is 0.617. The van der Waals surface area contributed by atoms with Crippen LogP contribution in [0.3, 0.4) is 0 Å². The van der Waals surface area contributed by atoms with E-state index in [4.69, 9.17) is 27.9 Å². The number of hydrogen-bond acceptors (Lipinski definition) is 3. The molecule has 0 fully saturated rings. The molecule has 1 aliphatic heterocycles. The largest absolute Gasteiger partial charge is 0.480 e. The number of carbonyl (C=O) groups excluding carboxylic acids is 2. The van der Waals surface area contributed by atoms with E-state index in [1.54, 1.807) is 12.1 Å². The molecule has 118 valence electrons. The quantitative estimate of drug-likeness (QED) is 0.818. The van der Waals surface area contributed by atoms with Gasteiger partial charge >= 0.3 is 0 Å². The van der Waals surface area contributed by atoms with Crippen LogP contribution < -0.4 is 15.6 Å². The molecule has 1 aliphatic rings. The molecule has 1 heterocycles. The standard InChI is InChI=1S/C16H12Cl2N2O3/c17-10-5-6-12(18)11(8-10)15(21)19-20-16(22)14-7-9-3-1-2-4-13(9)23-14/h1-6,8,14H,7H2,(H,19,21)(H,20,22)/t14-/m1/s1. The Labute approximate surface area is 142 Å². The molecule has 0 saturated heterocycles. The van der Waals surface area contributed by atoms with Crippen LogP contribution in [-0.4, -0.2) is 17.9 Å². The van der Waals surface area contributed by atoms with Crippen molar-refractivity contribution in [3.05, 3.63) is 63.6 Å². The number of halogens is 2. The van der Waals surface area contributed by atoms with Gasteiger partial charge in [0, 0.05) is 11.4 Å². The van der Waals surface area contributed by atoms with Crippen molar-refractivity contribution in [2.45, 2.75) is 12.5 Å². The summed E-state index contributed by atoms with van der Waals surface area (Å²) in [6.07, 6.45) is -0.224. The number of amides is 2. The fraction of sp³-hybridized carbons (Fsp3) is 0.125. The van der Waals surface area contributed by atoms with Crippen molar-refractivity contribution in [3.63, 3.8) is 0 Å². The van der Waals surface area contributed by atoms with Crippen molar-refractivity contribution in [2.75, 3.05) is 0 Å². The second-order valence-corrected chi connectivity index (χ2v) is 5.83. The van der Waals surface area contributed by atoms with Crippen LogP contribution in [0, 0.1) is 0 Å². The third-order valence-electron chi connectivity index (χ3n) is 3.41. The Morgan fingerprint density at radius 1 is 1.09 bits per heavy atom. The van der Waals surface area contributed by atoms with Crippen LogP contribution in [0.25, 0.3) is 0 Å². The molecule has 0 bridgehead atoms. The first-order valence-corrected chi connectivity index (χ1v) is 7.60. The van der Waals surface area contributed by atoms with E-state index in [0.717, 1.165) is 5.56 Å². The molecule has 1 atom stereocenters. The third kappa shape index (κ3) is 3.41. The van der Waals surface area contributed by atoms with Gasteiger partial charge in [0.05, 0.1) is 10.6 Å². The van der Waals surface area contributed by atoms with E-state index in [0.29, 0.717) is 17.2 Å². The van der Waals surface area contributed by atoms with Gasteiger partial charge in [-0.25, -0.2) is 0 Å². The number of hydrogen-bond donors (Lipinski definition) is 2. The highest BCUT2D eigenvalue weighted by atomic mass is 35.5. The zero-order valence-electron chi connectivity index (χ0n) is 11.8. The van der Waals surface area contributed by atoms with Gasteiger partial charge in [-0.3, -0.25) is 20.4 Å². The van der Waals surface area contributed by atoms with Crippen LogP contribution in [0.15, 0.2) is 42.5 Å². The van der Waals surface area contributed by atoms with Gasteiger partial charge in [0.2, 0.25) is 0 Å². The minimum absolute atomic E-state index is 0.176. The molecular formula is C16H12Cl2N2O3. The molecule has 0 radical (unpaired) electrons. The van der Waals surface area contributed by atoms with Crippen LogP contribution in [0.4, 0.5) is 0 Å². The average Bonchev–Trinajstić information content (AvgIpc) is 2.98. The maximum absolute atomic E-state index is 12.1. The molecule has 0 unspecified atom stereocenters. The van der Waals surface area contributed by atoms with E-state index < -0.39 is 17.9 Å². The summed E-state index contributed by atoms with van der Waals surface area (Å²) in [5.74, 6) is -0.314. The molecule has 0 aliphatic carbocycles. The van der Waals surface area contributed by atoms with Crippen molar-refractivity contribution in [2.24, 2.45) is 0 Å². The lowest BCUT2D eigenvalue weighted by atomic mass is 10.1. The number of hydrazine groups is 1. The predicted octanol–water partition coefficient (Wildman–Crippen LogP) is 2.76. The molecule has 5 nitrogen and oxygen atoms in total. The highest BCUT2D eigenvalue weighted by molar-refractivity contribution is 6.35. The summed E-state index contributed by atoms with van der Waals surface area (Å²) >= 11 is 11.8. The molecule has 0 saturated carbocycles. The molecular weight excluding hydrogens is 339 g/mol. The zero-order valence-corrected chi connectivity index (χ0v) is 13.3. The Hall–Kier alpha value is -2.24. The first-order chi connectivity index (χ1) is 11.0. The van der Waals surface area contributed by atoms with Gasteiger partial charge in [-0.1, -0.05) is 41.4 Å². The molecule has 2 N–H and O–H groups in total. The van der Waals surface area contributed by atoms with E-state index in [2.05, 4.69) is 10.9 Å². The number of ether oxygens (including phenoxy) is 1. The van der Waals surface area contributed by atoms with Crippen molar-refractivity contribution in [1.82, 2.24) is 10.9 Å². The first-order valence-electron chi connectivity index (χ1n) is 6.84. The SMILES string of the molecule is O=C(NNC(=O)[C@H]1Cc2ccccc2O1)c1cc(Cl)ccc1Cl. The Morgan fingerprint density at radius 3 is 2.65 bits per heavy atom. The van der Waals surface area contributed by atoms with Gasteiger partial charge in [-0.2, -0.15) is 0 Å². The maximum atomic E-state index is 12.1. The number of rotatable bonds is 2. The van der Waals surface area contributed by atoms with E-state index in [1.807, 2.05) is 18.2 Å². The summed E-state index contributed by atoms with van der Waals surface area (Å²) in [7, 11) is 0. The molecule has 23 heavy (non-hydrogen) atoms. The lowest BCUT2D eigenvalue weighted by molar-refractivity contribution is -0.128. The van der Waals surface area contributed by atoms with Gasteiger partial charge in [0.25, 0.3) is 11.8 Å². The lowest BCUT2D eigenvalue weighted by Gasteiger charge is -2.12. The fourth-order valence-corrected chi connectivity index (χ4v) is 2.64. The second kappa shape index (κ2) is 6.48. The van der Waals surface area contributed by atoms with Gasteiger partial charge in [-0.05, 0) is 29.8 Å². The monoisotopic (exact) mass is 350 g/mol. The summed E-state index contributed by atoms with van der Waals surface area (Å²) in [4.78, 5) is 24.1. The van der Waals surface area contributed by atoms with Gasteiger partial charge in [-0.15, -0.1) is 0 Å². The van der Waals surface area contributed by atoms with E-state index in [1.165, 1.54) is 12.1 Å². The van der Waals surface area contributed by atoms with Gasteiger partial charge in [0.15, 0.2) is 6.10 Å². The number of fused-ring (bicyclic) bond motifs is 1. The highest BCUT2D eigenvalue weighted by Crippen LogP contribution is 2.28. The molecule has 2 aromatic rings. The molecule has 2 aromatic carbocycles. The molecule has 7 heteroatoms. The van der Waals surface area contributed by atoms with Crippen LogP contribution >= 0.6 is 23.2 Å². The Bertz CT molecular complexity index is 755.